The van der Waals surface area contributed by atoms with Gasteiger partial charge >= 0.3 is 5.97 Å². The highest BCUT2D eigenvalue weighted by atomic mass is 32.2. The normalized spacial score (nSPS) is 11.6. The van der Waals surface area contributed by atoms with E-state index in [0.717, 1.165) is 9.87 Å². The fraction of sp³-hybridized carbons (Fsp3) is 0.417. The number of sulfonamides is 1. The Morgan fingerprint density at radius 3 is 2.53 bits per heavy atom. The van der Waals surface area contributed by atoms with Crippen LogP contribution in [0.2, 0.25) is 0 Å². The molecular weight excluding hydrogens is 268 g/mol. The molecule has 0 amide bonds. The molecule has 2 N–H and O–H groups in total. The van der Waals surface area contributed by atoms with Crippen molar-refractivity contribution >= 4 is 21.7 Å². The maximum absolute atomic E-state index is 12.3. The Kier molecular flexibility index (Phi) is 4.90. The Hall–Kier alpha value is -1.60. The van der Waals surface area contributed by atoms with Crippen LogP contribution in [0, 0.1) is 6.92 Å². The number of ether oxygens (including phenoxy) is 1. The van der Waals surface area contributed by atoms with Gasteiger partial charge in [-0.05, 0) is 24.6 Å². The third-order valence-corrected chi connectivity index (χ3v) is 4.69. The lowest BCUT2D eigenvalue weighted by atomic mass is 10.2. The largest absolute Gasteiger partial charge is 0.468 e. The molecular formula is C12H18N2O4S. The number of nitrogens with zero attached hydrogens (tertiary/aromatic N) is 1. The summed E-state index contributed by atoms with van der Waals surface area (Å²) in [7, 11) is -2.53. The molecule has 7 heteroatoms. The van der Waals surface area contributed by atoms with Gasteiger partial charge in [0.15, 0.2) is 0 Å². The van der Waals surface area contributed by atoms with E-state index >= 15 is 0 Å². The number of hydrogen-bond acceptors (Lipinski definition) is 5. The van der Waals surface area contributed by atoms with Crippen LogP contribution in [-0.4, -0.2) is 38.9 Å². The van der Waals surface area contributed by atoms with Crippen LogP contribution >= 0.6 is 0 Å². The first-order chi connectivity index (χ1) is 8.82. The minimum absolute atomic E-state index is 0.0707. The topological polar surface area (TPSA) is 89.7 Å². The molecule has 1 rings (SSSR count). The number of carbonyl (C=O) groups excluding carboxylic acids is 1. The summed E-state index contributed by atoms with van der Waals surface area (Å²) in [6.45, 7) is 3.30. The molecule has 0 unspecified atom stereocenters. The minimum Gasteiger partial charge on any atom is -0.468 e. The van der Waals surface area contributed by atoms with Crippen molar-refractivity contribution in [2.75, 3.05) is 25.9 Å². The average molecular weight is 286 g/mol. The number of nitrogens with two attached hydrogens (primary N) is 1. The van der Waals surface area contributed by atoms with E-state index in [-0.39, 0.29) is 18.0 Å². The molecule has 0 radical (unpaired) electrons. The number of esters is 1. The van der Waals surface area contributed by atoms with Gasteiger partial charge in [0.1, 0.15) is 6.54 Å². The molecule has 106 valence electrons. The van der Waals surface area contributed by atoms with Crippen molar-refractivity contribution in [3.05, 3.63) is 23.8 Å². The summed E-state index contributed by atoms with van der Waals surface area (Å²) in [4.78, 5) is 11.3. The third-order valence-electron chi connectivity index (χ3n) is 2.77. The van der Waals surface area contributed by atoms with Gasteiger partial charge in [-0.15, -0.1) is 0 Å². The summed E-state index contributed by atoms with van der Waals surface area (Å²) in [6.07, 6.45) is 0. The number of hydrogen-bond donors (Lipinski definition) is 1. The summed E-state index contributed by atoms with van der Waals surface area (Å²) < 4.78 is 30.2. The van der Waals surface area contributed by atoms with Crippen molar-refractivity contribution in [1.29, 1.82) is 0 Å². The van der Waals surface area contributed by atoms with Crippen LogP contribution in [0.3, 0.4) is 0 Å². The standard InChI is InChI=1S/C12H18N2O4S/c1-4-14(8-12(15)18-3)19(16,17)10-6-5-9(2)11(13)7-10/h5-7H,4,8,13H2,1-3H3. The first-order valence-corrected chi connectivity index (χ1v) is 7.20. The number of likely N-dealkylation sites (N-methyl/N-ethyl adjacent to an activating group) is 1. The number of nitrogen functional groups attached to an aromatic ring is 1. The van der Waals surface area contributed by atoms with E-state index in [9.17, 15) is 13.2 Å². The highest BCUT2D eigenvalue weighted by Gasteiger charge is 2.25. The van der Waals surface area contributed by atoms with Crippen LogP contribution in [0.1, 0.15) is 12.5 Å². The summed E-state index contributed by atoms with van der Waals surface area (Å²) in [5.41, 5.74) is 6.91. The molecule has 0 aliphatic carbocycles. The second-order valence-electron chi connectivity index (χ2n) is 4.03. The van der Waals surface area contributed by atoms with Crippen molar-refractivity contribution in [1.82, 2.24) is 4.31 Å². The Balaban J connectivity index is 3.13. The lowest BCUT2D eigenvalue weighted by molar-refractivity contribution is -0.140. The van der Waals surface area contributed by atoms with Crippen molar-refractivity contribution < 1.29 is 17.9 Å². The van der Waals surface area contributed by atoms with Gasteiger partial charge in [0.25, 0.3) is 0 Å². The lowest BCUT2D eigenvalue weighted by Crippen LogP contribution is -2.36. The fourth-order valence-electron chi connectivity index (χ4n) is 1.50. The Bertz CT molecular complexity index is 569. The van der Waals surface area contributed by atoms with Crippen LogP contribution in [0.5, 0.6) is 0 Å². The predicted octanol–water partition coefficient (Wildman–Crippen LogP) is 0.761. The number of anilines is 1. The smallest absolute Gasteiger partial charge is 0.321 e. The van der Waals surface area contributed by atoms with Gasteiger partial charge in [-0.3, -0.25) is 4.79 Å². The monoisotopic (exact) mass is 286 g/mol. The summed E-state index contributed by atoms with van der Waals surface area (Å²) in [5, 5.41) is 0. The highest BCUT2D eigenvalue weighted by Crippen LogP contribution is 2.20. The zero-order valence-electron chi connectivity index (χ0n) is 11.2. The highest BCUT2D eigenvalue weighted by molar-refractivity contribution is 7.89. The second kappa shape index (κ2) is 6.03. The zero-order valence-corrected chi connectivity index (χ0v) is 12.0. The Morgan fingerprint density at radius 1 is 1.42 bits per heavy atom. The summed E-state index contributed by atoms with van der Waals surface area (Å²) in [6, 6.07) is 4.50. The van der Waals surface area contributed by atoms with Crippen molar-refractivity contribution in [2.24, 2.45) is 0 Å². The molecule has 0 spiro atoms. The zero-order chi connectivity index (χ0) is 14.6. The van der Waals surface area contributed by atoms with Gasteiger partial charge in [0.05, 0.1) is 12.0 Å². The molecule has 1 aromatic carbocycles. The molecule has 0 aliphatic heterocycles. The van der Waals surface area contributed by atoms with Gasteiger partial charge in [0.2, 0.25) is 10.0 Å². The fourth-order valence-corrected chi connectivity index (χ4v) is 2.93. The number of methoxy groups -OCH3 is 1. The van der Waals surface area contributed by atoms with E-state index in [1.165, 1.54) is 19.2 Å². The van der Waals surface area contributed by atoms with Crippen LogP contribution in [-0.2, 0) is 19.6 Å². The van der Waals surface area contributed by atoms with E-state index in [1.807, 2.05) is 0 Å². The molecule has 0 saturated carbocycles. The van der Waals surface area contributed by atoms with Crippen molar-refractivity contribution in [3.8, 4) is 0 Å². The molecule has 19 heavy (non-hydrogen) atoms. The van der Waals surface area contributed by atoms with E-state index < -0.39 is 16.0 Å². The molecule has 0 heterocycles. The predicted molar refractivity (Wildman–Crippen MR) is 72.0 cm³/mol. The van der Waals surface area contributed by atoms with E-state index in [2.05, 4.69) is 4.74 Å². The van der Waals surface area contributed by atoms with E-state index in [4.69, 9.17) is 5.73 Å². The molecule has 0 fully saturated rings. The number of rotatable bonds is 5. The van der Waals surface area contributed by atoms with Crippen molar-refractivity contribution in [3.63, 3.8) is 0 Å². The third kappa shape index (κ3) is 3.45. The van der Waals surface area contributed by atoms with Crippen LogP contribution in [0.25, 0.3) is 0 Å². The minimum atomic E-state index is -3.74. The van der Waals surface area contributed by atoms with Gasteiger partial charge < -0.3 is 10.5 Å². The van der Waals surface area contributed by atoms with E-state index in [1.54, 1.807) is 19.9 Å². The Labute approximate surface area is 113 Å². The Morgan fingerprint density at radius 2 is 2.05 bits per heavy atom. The second-order valence-corrected chi connectivity index (χ2v) is 5.96. The number of carbonyl (C=O) groups is 1. The van der Waals surface area contributed by atoms with Gasteiger partial charge in [-0.2, -0.15) is 4.31 Å². The molecule has 0 atom stereocenters. The quantitative estimate of drug-likeness (QED) is 0.637. The molecule has 1 aromatic rings. The molecule has 6 nitrogen and oxygen atoms in total. The lowest BCUT2D eigenvalue weighted by Gasteiger charge is -2.19. The SMILES string of the molecule is CCN(CC(=O)OC)S(=O)(=O)c1ccc(C)c(N)c1. The van der Waals surface area contributed by atoms with Gasteiger partial charge in [-0.25, -0.2) is 8.42 Å². The van der Waals surface area contributed by atoms with Crippen LogP contribution in [0.4, 0.5) is 5.69 Å². The molecule has 0 aliphatic rings. The molecule has 0 aromatic heterocycles. The number of aryl methyl sites for hydroxylation is 1. The summed E-state index contributed by atoms with van der Waals surface area (Å²) in [5.74, 6) is -0.606. The van der Waals surface area contributed by atoms with Gasteiger partial charge in [0, 0.05) is 12.2 Å². The maximum atomic E-state index is 12.3. The first kappa shape index (κ1) is 15.5. The van der Waals surface area contributed by atoms with Crippen molar-refractivity contribution in [2.45, 2.75) is 18.7 Å². The average Bonchev–Trinajstić information content (AvgIpc) is 2.38. The number of benzene rings is 1. The van der Waals surface area contributed by atoms with Gasteiger partial charge in [-0.1, -0.05) is 13.0 Å². The van der Waals surface area contributed by atoms with E-state index in [0.29, 0.717) is 5.69 Å². The molecule has 0 saturated heterocycles. The van der Waals surface area contributed by atoms with Crippen LogP contribution in [0.15, 0.2) is 23.1 Å². The molecule has 0 bridgehead atoms. The summed E-state index contributed by atoms with van der Waals surface area (Å²) >= 11 is 0. The van der Waals surface area contributed by atoms with Crippen LogP contribution < -0.4 is 5.73 Å². The first-order valence-electron chi connectivity index (χ1n) is 5.76. The maximum Gasteiger partial charge on any atom is 0.321 e.